The van der Waals surface area contributed by atoms with Gasteiger partial charge in [0.15, 0.2) is 0 Å². The van der Waals surface area contributed by atoms with E-state index >= 15 is 0 Å². The molecule has 2 amide bonds. The van der Waals surface area contributed by atoms with E-state index in [-0.39, 0.29) is 18.6 Å². The number of rotatable bonds is 0. The highest BCUT2D eigenvalue weighted by molar-refractivity contribution is 7.18. The van der Waals surface area contributed by atoms with E-state index in [0.29, 0.717) is 21.6 Å². The zero-order valence-electron chi connectivity index (χ0n) is 12.7. The lowest BCUT2D eigenvalue weighted by atomic mass is 10.1. The van der Waals surface area contributed by atoms with Gasteiger partial charge >= 0.3 is 12.2 Å². The van der Waals surface area contributed by atoms with Gasteiger partial charge in [0.05, 0.1) is 32.7 Å². The molecule has 9 nitrogen and oxygen atoms in total. The molecule has 3 rings (SSSR count). The summed E-state index contributed by atoms with van der Waals surface area (Å²) in [7, 11) is 2.45. The number of methoxy groups -OCH3 is 2. The van der Waals surface area contributed by atoms with Gasteiger partial charge in [0.2, 0.25) is 0 Å². The maximum absolute atomic E-state index is 12.2. The van der Waals surface area contributed by atoms with Crippen LogP contribution in [0.1, 0.15) is 16.3 Å². The molecule has 0 fully saturated rings. The van der Waals surface area contributed by atoms with Crippen molar-refractivity contribution in [2.75, 3.05) is 14.2 Å². The first-order valence-corrected chi connectivity index (χ1v) is 7.50. The molecule has 1 aliphatic rings. The Bertz CT molecular complexity index is 858. The summed E-state index contributed by atoms with van der Waals surface area (Å²) in [6.07, 6.45) is -1.39. The number of ether oxygens (including phenoxy) is 2. The lowest BCUT2D eigenvalue weighted by Crippen LogP contribution is -2.51. The van der Waals surface area contributed by atoms with E-state index in [0.717, 1.165) is 14.9 Å². The number of fused-ring (bicyclic) bond motifs is 3. The molecule has 0 saturated heterocycles. The average Bonchev–Trinajstić information content (AvgIpc) is 2.89. The number of carbonyl (C=O) groups is 2. The quantitative estimate of drug-likeness (QED) is 0.777. The highest BCUT2D eigenvalue weighted by Crippen LogP contribution is 2.34. The van der Waals surface area contributed by atoms with Crippen LogP contribution in [0, 0.1) is 6.92 Å². The Balaban J connectivity index is 2.15. The minimum atomic E-state index is -0.711. The second-order valence-electron chi connectivity index (χ2n) is 4.89. The fraction of sp³-hybridized carbons (Fsp3) is 0.385. The summed E-state index contributed by atoms with van der Waals surface area (Å²) >= 11 is 1.32. The van der Waals surface area contributed by atoms with E-state index in [1.807, 2.05) is 0 Å². The van der Waals surface area contributed by atoms with Crippen LogP contribution in [-0.2, 0) is 22.6 Å². The van der Waals surface area contributed by atoms with Crippen molar-refractivity contribution in [3.05, 3.63) is 26.6 Å². The Hall–Kier alpha value is -2.62. The fourth-order valence-electron chi connectivity index (χ4n) is 2.51. The number of amides is 2. The number of thiophene rings is 1. The number of H-pyrrole nitrogens is 1. The largest absolute Gasteiger partial charge is 0.452 e. The Morgan fingerprint density at radius 2 is 1.78 bits per heavy atom. The number of carbonyl (C=O) groups excluding carboxylic acids is 2. The molecule has 3 heterocycles. The Morgan fingerprint density at radius 3 is 2.39 bits per heavy atom. The van der Waals surface area contributed by atoms with Crippen LogP contribution in [0.3, 0.4) is 0 Å². The lowest BCUT2D eigenvalue weighted by molar-refractivity contribution is -0.0276. The second-order valence-corrected chi connectivity index (χ2v) is 5.97. The first-order chi connectivity index (χ1) is 11.0. The molecule has 0 atom stereocenters. The van der Waals surface area contributed by atoms with Gasteiger partial charge in [-0.1, -0.05) is 0 Å². The van der Waals surface area contributed by atoms with Gasteiger partial charge in [-0.3, -0.25) is 4.79 Å². The Morgan fingerprint density at radius 1 is 1.17 bits per heavy atom. The number of hydrogen-bond acceptors (Lipinski definition) is 7. The van der Waals surface area contributed by atoms with E-state index in [1.54, 1.807) is 6.92 Å². The van der Waals surface area contributed by atoms with Crippen LogP contribution in [0.4, 0.5) is 9.59 Å². The first kappa shape index (κ1) is 15.3. The zero-order valence-corrected chi connectivity index (χ0v) is 13.5. The van der Waals surface area contributed by atoms with E-state index in [1.165, 1.54) is 25.6 Å². The van der Waals surface area contributed by atoms with Crippen LogP contribution in [0.2, 0.25) is 0 Å². The smallest absolute Gasteiger partial charge is 0.429 e. The molecule has 1 aliphatic heterocycles. The molecule has 0 aliphatic carbocycles. The minimum Gasteiger partial charge on any atom is -0.452 e. The Labute approximate surface area is 134 Å². The number of aromatic amines is 1. The van der Waals surface area contributed by atoms with Crippen molar-refractivity contribution in [2.24, 2.45) is 0 Å². The minimum absolute atomic E-state index is 0.0327. The van der Waals surface area contributed by atoms with Gasteiger partial charge in [0.25, 0.3) is 5.56 Å². The van der Waals surface area contributed by atoms with Crippen molar-refractivity contribution in [1.29, 1.82) is 0 Å². The zero-order chi connectivity index (χ0) is 16.7. The number of nitrogens with one attached hydrogen (secondary N) is 1. The second kappa shape index (κ2) is 5.54. The molecular weight excluding hydrogens is 324 g/mol. The molecule has 0 aromatic carbocycles. The standard InChI is InChI=1S/C13H14N4O5S/c1-6-14-10(18)9-7-4-16(12(19)21-2)17(13(20)22-3)5-8(7)23-11(9)15-6/h4-5H2,1-3H3,(H,14,15,18). The van der Waals surface area contributed by atoms with Gasteiger partial charge < -0.3 is 14.5 Å². The molecule has 23 heavy (non-hydrogen) atoms. The van der Waals surface area contributed by atoms with Crippen LogP contribution < -0.4 is 5.56 Å². The molecule has 0 radical (unpaired) electrons. The monoisotopic (exact) mass is 338 g/mol. The van der Waals surface area contributed by atoms with Gasteiger partial charge in [-0.15, -0.1) is 11.3 Å². The fourth-order valence-corrected chi connectivity index (χ4v) is 3.72. The summed E-state index contributed by atoms with van der Waals surface area (Å²) in [6.45, 7) is 1.84. The molecule has 1 N–H and O–H groups in total. The molecule has 2 aromatic heterocycles. The topological polar surface area (TPSA) is 105 Å². The van der Waals surface area contributed by atoms with Crippen molar-refractivity contribution in [1.82, 2.24) is 20.0 Å². The van der Waals surface area contributed by atoms with Gasteiger partial charge in [0, 0.05) is 10.4 Å². The van der Waals surface area contributed by atoms with Gasteiger partial charge in [-0.25, -0.2) is 24.6 Å². The average molecular weight is 338 g/mol. The van der Waals surface area contributed by atoms with Crippen LogP contribution in [0.5, 0.6) is 0 Å². The highest BCUT2D eigenvalue weighted by Gasteiger charge is 2.35. The maximum Gasteiger partial charge on any atom is 0.429 e. The molecule has 2 aromatic rings. The van der Waals surface area contributed by atoms with Crippen molar-refractivity contribution in [3.8, 4) is 0 Å². The number of hydrazine groups is 1. The van der Waals surface area contributed by atoms with Crippen LogP contribution >= 0.6 is 11.3 Å². The first-order valence-electron chi connectivity index (χ1n) is 6.68. The van der Waals surface area contributed by atoms with Crippen LogP contribution in [0.15, 0.2) is 4.79 Å². The predicted molar refractivity (Wildman–Crippen MR) is 80.9 cm³/mol. The Kier molecular flexibility index (Phi) is 3.68. The van der Waals surface area contributed by atoms with Crippen LogP contribution in [0.25, 0.3) is 10.2 Å². The predicted octanol–water partition coefficient (Wildman–Crippen LogP) is 1.36. The van der Waals surface area contributed by atoms with Crippen molar-refractivity contribution in [2.45, 2.75) is 20.0 Å². The SMILES string of the molecule is COC(=O)N1Cc2sc3nc(C)[nH]c(=O)c3c2CN1C(=O)OC. The van der Waals surface area contributed by atoms with Crippen LogP contribution in [-0.4, -0.2) is 46.4 Å². The summed E-state index contributed by atoms with van der Waals surface area (Å²) in [5, 5.41) is 2.69. The lowest BCUT2D eigenvalue weighted by Gasteiger charge is -2.35. The summed E-state index contributed by atoms with van der Waals surface area (Å²) in [6, 6.07) is 0. The third-order valence-corrected chi connectivity index (χ3v) is 4.64. The molecule has 0 unspecified atom stereocenters. The number of aryl methyl sites for hydroxylation is 1. The molecule has 10 heteroatoms. The number of nitrogens with zero attached hydrogens (tertiary/aromatic N) is 3. The molecular formula is C13H14N4O5S. The van der Waals surface area contributed by atoms with E-state index in [4.69, 9.17) is 9.47 Å². The summed E-state index contributed by atoms with van der Waals surface area (Å²) in [5.74, 6) is 0.510. The van der Waals surface area contributed by atoms with Crippen molar-refractivity contribution < 1.29 is 19.1 Å². The van der Waals surface area contributed by atoms with E-state index in [9.17, 15) is 14.4 Å². The third-order valence-electron chi connectivity index (χ3n) is 3.53. The molecule has 0 bridgehead atoms. The van der Waals surface area contributed by atoms with E-state index in [2.05, 4.69) is 9.97 Å². The number of hydrogen-bond donors (Lipinski definition) is 1. The normalized spacial score (nSPS) is 13.9. The summed E-state index contributed by atoms with van der Waals surface area (Å²) < 4.78 is 9.41. The molecule has 0 spiro atoms. The van der Waals surface area contributed by atoms with Gasteiger partial charge in [-0.05, 0) is 6.92 Å². The van der Waals surface area contributed by atoms with Crippen molar-refractivity contribution in [3.63, 3.8) is 0 Å². The third kappa shape index (κ3) is 2.40. The molecule has 122 valence electrons. The van der Waals surface area contributed by atoms with E-state index < -0.39 is 12.2 Å². The number of aromatic nitrogens is 2. The summed E-state index contributed by atoms with van der Waals surface area (Å²) in [4.78, 5) is 44.4. The van der Waals surface area contributed by atoms with Crippen molar-refractivity contribution >= 4 is 33.7 Å². The van der Waals surface area contributed by atoms with Gasteiger partial charge in [0.1, 0.15) is 10.7 Å². The molecule has 0 saturated carbocycles. The highest BCUT2D eigenvalue weighted by atomic mass is 32.1. The van der Waals surface area contributed by atoms with Gasteiger partial charge in [-0.2, -0.15) is 0 Å². The summed E-state index contributed by atoms with van der Waals surface area (Å²) in [5.41, 5.74) is 0.408. The maximum atomic E-state index is 12.2.